The normalized spacial score (nSPS) is 10.7. The van der Waals surface area contributed by atoms with E-state index in [1.54, 1.807) is 17.5 Å². The van der Waals surface area contributed by atoms with Gasteiger partial charge in [0.2, 0.25) is 5.91 Å². The molecule has 8 heteroatoms. The number of benzene rings is 1. The van der Waals surface area contributed by atoms with Crippen LogP contribution in [0.25, 0.3) is 21.8 Å². The second kappa shape index (κ2) is 7.65. The van der Waals surface area contributed by atoms with Crippen LogP contribution in [0, 0.1) is 0 Å². The van der Waals surface area contributed by atoms with Crippen molar-refractivity contribution < 1.29 is 4.79 Å². The highest BCUT2D eigenvalue weighted by Crippen LogP contribution is 2.28. The van der Waals surface area contributed by atoms with Crippen molar-refractivity contribution in [1.29, 1.82) is 0 Å². The van der Waals surface area contributed by atoms with Gasteiger partial charge in [-0.15, -0.1) is 22.7 Å². The first-order chi connectivity index (χ1) is 13.2. The highest BCUT2D eigenvalue weighted by Gasteiger charge is 2.11. The van der Waals surface area contributed by atoms with Gasteiger partial charge in [0.25, 0.3) is 5.56 Å². The lowest BCUT2D eigenvalue weighted by molar-refractivity contribution is -0.116. The first kappa shape index (κ1) is 17.3. The fourth-order valence-electron chi connectivity index (χ4n) is 2.51. The molecular weight excluding hydrogens is 380 g/mol. The molecule has 1 N–H and O–H groups in total. The standard InChI is InChI=1S/C19H14N4O2S2/c24-17(22-19-21-15(12-27-19)16-7-4-8-26-16)11-23-10-14(20-9-18(23)25)13-5-2-1-3-6-13/h1-10,12H,11H2,(H,21,22,24). The van der Waals surface area contributed by atoms with Crippen LogP contribution in [-0.4, -0.2) is 20.4 Å². The third-order valence-corrected chi connectivity index (χ3v) is 5.43. The zero-order valence-corrected chi connectivity index (χ0v) is 15.7. The van der Waals surface area contributed by atoms with Crippen molar-refractivity contribution in [3.8, 4) is 21.8 Å². The molecule has 1 aromatic carbocycles. The van der Waals surface area contributed by atoms with E-state index in [4.69, 9.17) is 0 Å². The third-order valence-electron chi connectivity index (χ3n) is 3.78. The maximum atomic E-state index is 12.4. The monoisotopic (exact) mass is 394 g/mol. The molecule has 0 saturated heterocycles. The first-order valence-electron chi connectivity index (χ1n) is 8.10. The average molecular weight is 394 g/mol. The van der Waals surface area contributed by atoms with Gasteiger partial charge in [-0.25, -0.2) is 9.97 Å². The van der Waals surface area contributed by atoms with Gasteiger partial charge in [-0.1, -0.05) is 36.4 Å². The summed E-state index contributed by atoms with van der Waals surface area (Å²) in [6.45, 7) is -0.102. The minimum atomic E-state index is -0.330. The molecule has 1 amide bonds. The fraction of sp³-hybridized carbons (Fsp3) is 0.0526. The average Bonchev–Trinajstić information content (AvgIpc) is 3.36. The lowest BCUT2D eigenvalue weighted by atomic mass is 10.2. The van der Waals surface area contributed by atoms with E-state index in [0.29, 0.717) is 10.8 Å². The molecule has 3 heterocycles. The van der Waals surface area contributed by atoms with Crippen LogP contribution in [0.4, 0.5) is 5.13 Å². The summed E-state index contributed by atoms with van der Waals surface area (Å²) in [7, 11) is 0. The van der Waals surface area contributed by atoms with Crippen molar-refractivity contribution in [3.63, 3.8) is 0 Å². The van der Waals surface area contributed by atoms with Gasteiger partial charge < -0.3 is 9.88 Å². The van der Waals surface area contributed by atoms with Crippen LogP contribution in [0.5, 0.6) is 0 Å². The van der Waals surface area contributed by atoms with E-state index in [9.17, 15) is 9.59 Å². The number of hydrogen-bond donors (Lipinski definition) is 1. The number of thiazole rings is 1. The van der Waals surface area contributed by atoms with Crippen LogP contribution in [0.1, 0.15) is 0 Å². The number of thiophene rings is 1. The molecule has 4 rings (SSSR count). The van der Waals surface area contributed by atoms with E-state index in [0.717, 1.165) is 16.1 Å². The Bertz CT molecular complexity index is 1120. The maximum Gasteiger partial charge on any atom is 0.269 e. The largest absolute Gasteiger partial charge is 0.303 e. The van der Waals surface area contributed by atoms with Gasteiger partial charge in [0, 0.05) is 17.1 Å². The summed E-state index contributed by atoms with van der Waals surface area (Å²) >= 11 is 2.95. The summed E-state index contributed by atoms with van der Waals surface area (Å²) in [5, 5.41) is 7.14. The number of nitrogens with zero attached hydrogens (tertiary/aromatic N) is 3. The predicted molar refractivity (Wildman–Crippen MR) is 108 cm³/mol. The third kappa shape index (κ3) is 4.02. The quantitative estimate of drug-likeness (QED) is 0.559. The van der Waals surface area contributed by atoms with E-state index in [1.165, 1.54) is 22.1 Å². The van der Waals surface area contributed by atoms with Gasteiger partial charge in [-0.2, -0.15) is 0 Å². The van der Waals surface area contributed by atoms with Crippen LogP contribution in [0.15, 0.2) is 70.4 Å². The van der Waals surface area contributed by atoms with Gasteiger partial charge in [0.05, 0.1) is 22.5 Å². The summed E-state index contributed by atoms with van der Waals surface area (Å²) in [6.07, 6.45) is 2.82. The topological polar surface area (TPSA) is 76.9 Å². The number of amides is 1. The van der Waals surface area contributed by atoms with E-state index in [1.807, 2.05) is 53.2 Å². The molecule has 6 nitrogen and oxygen atoms in total. The number of anilines is 1. The van der Waals surface area contributed by atoms with Crippen LogP contribution < -0.4 is 10.9 Å². The molecule has 0 atom stereocenters. The summed E-state index contributed by atoms with van der Waals surface area (Å²) in [6, 6.07) is 13.4. The van der Waals surface area contributed by atoms with E-state index in [-0.39, 0.29) is 18.0 Å². The minimum Gasteiger partial charge on any atom is -0.303 e. The predicted octanol–water partition coefficient (Wildman–Crippen LogP) is 3.73. The molecule has 0 aliphatic carbocycles. The Kier molecular flexibility index (Phi) is 4.91. The molecular formula is C19H14N4O2S2. The molecule has 134 valence electrons. The molecule has 0 unspecified atom stereocenters. The van der Waals surface area contributed by atoms with Crippen molar-refractivity contribution in [2.75, 3.05) is 5.32 Å². The smallest absolute Gasteiger partial charge is 0.269 e. The van der Waals surface area contributed by atoms with Crippen molar-refractivity contribution >= 4 is 33.7 Å². The molecule has 0 spiro atoms. The van der Waals surface area contributed by atoms with Gasteiger partial charge in [0.1, 0.15) is 6.54 Å². The molecule has 3 aromatic heterocycles. The molecule has 0 radical (unpaired) electrons. The Labute approximate surface area is 162 Å². The molecule has 0 aliphatic heterocycles. The Morgan fingerprint density at radius 3 is 2.70 bits per heavy atom. The number of aromatic nitrogens is 3. The summed E-state index contributed by atoms with van der Waals surface area (Å²) in [4.78, 5) is 34.0. The Hall–Kier alpha value is -3.10. The Balaban J connectivity index is 1.49. The molecule has 27 heavy (non-hydrogen) atoms. The number of rotatable bonds is 5. The molecule has 0 saturated carbocycles. The molecule has 0 fully saturated rings. The van der Waals surface area contributed by atoms with Gasteiger partial charge in [-0.3, -0.25) is 9.59 Å². The number of carbonyl (C=O) groups is 1. The zero-order chi connectivity index (χ0) is 18.6. The van der Waals surface area contributed by atoms with Crippen LogP contribution in [0.2, 0.25) is 0 Å². The minimum absolute atomic E-state index is 0.102. The summed E-state index contributed by atoms with van der Waals surface area (Å²) < 4.78 is 1.35. The molecule has 4 aromatic rings. The lowest BCUT2D eigenvalue weighted by Gasteiger charge is -2.07. The Morgan fingerprint density at radius 1 is 1.07 bits per heavy atom. The summed E-state index contributed by atoms with van der Waals surface area (Å²) in [5.41, 5.74) is 2.02. The highest BCUT2D eigenvalue weighted by molar-refractivity contribution is 7.16. The maximum absolute atomic E-state index is 12.4. The lowest BCUT2D eigenvalue weighted by Crippen LogP contribution is -2.27. The van der Waals surface area contributed by atoms with Crippen LogP contribution >= 0.6 is 22.7 Å². The second-order valence-electron chi connectivity index (χ2n) is 5.67. The van der Waals surface area contributed by atoms with E-state index in [2.05, 4.69) is 15.3 Å². The van der Waals surface area contributed by atoms with Crippen LogP contribution in [0.3, 0.4) is 0 Å². The second-order valence-corrected chi connectivity index (χ2v) is 7.47. The first-order valence-corrected chi connectivity index (χ1v) is 9.86. The van der Waals surface area contributed by atoms with Gasteiger partial charge in [0.15, 0.2) is 5.13 Å². The summed E-state index contributed by atoms with van der Waals surface area (Å²) in [5.74, 6) is -0.311. The van der Waals surface area contributed by atoms with Crippen molar-refractivity contribution in [1.82, 2.24) is 14.5 Å². The number of hydrogen-bond acceptors (Lipinski definition) is 6. The highest BCUT2D eigenvalue weighted by atomic mass is 32.1. The van der Waals surface area contributed by atoms with Crippen LogP contribution in [-0.2, 0) is 11.3 Å². The van der Waals surface area contributed by atoms with Crippen molar-refractivity contribution in [3.05, 3.63) is 76.0 Å². The molecule has 0 bridgehead atoms. The Morgan fingerprint density at radius 2 is 1.93 bits per heavy atom. The fourth-order valence-corrected chi connectivity index (χ4v) is 3.99. The number of carbonyl (C=O) groups excluding carboxylic acids is 1. The number of nitrogens with one attached hydrogen (secondary N) is 1. The van der Waals surface area contributed by atoms with Gasteiger partial charge >= 0.3 is 0 Å². The van der Waals surface area contributed by atoms with Crippen molar-refractivity contribution in [2.24, 2.45) is 0 Å². The molecule has 0 aliphatic rings. The zero-order valence-electron chi connectivity index (χ0n) is 14.0. The van der Waals surface area contributed by atoms with E-state index >= 15 is 0 Å². The van der Waals surface area contributed by atoms with E-state index < -0.39 is 0 Å². The van der Waals surface area contributed by atoms with Crippen molar-refractivity contribution in [2.45, 2.75) is 6.54 Å². The van der Waals surface area contributed by atoms with Gasteiger partial charge in [-0.05, 0) is 11.4 Å². The SMILES string of the molecule is O=C(Cn1cc(-c2ccccc2)ncc1=O)Nc1nc(-c2cccs2)cs1.